The Labute approximate surface area is 118 Å². The van der Waals surface area contributed by atoms with Gasteiger partial charge in [0.05, 0.1) is 0 Å². The molecular weight excluding hydrogens is 250 g/mol. The number of benzene rings is 3. The molecule has 92 valence electrons. The van der Waals surface area contributed by atoms with E-state index in [4.69, 9.17) is 0 Å². The number of rotatable bonds is 2. The molecule has 0 aliphatic rings. The molecule has 0 atom stereocenters. The van der Waals surface area contributed by atoms with Gasteiger partial charge in [-0.05, 0) is 27.0 Å². The first kappa shape index (κ1) is 12.7. The van der Waals surface area contributed by atoms with Crippen LogP contribution in [0.2, 0.25) is 5.79 Å². The average Bonchev–Trinajstić information content (AvgIpc) is 2.44. The molecule has 0 aromatic heterocycles. The SMILES string of the molecule is [CH3][AlH][c]1c2ccccc2c(B(O)O)c2ccccc12. The van der Waals surface area contributed by atoms with E-state index in [1.165, 1.54) is 15.2 Å². The zero-order valence-electron chi connectivity index (χ0n) is 10.8. The lowest BCUT2D eigenvalue weighted by Gasteiger charge is -2.15. The predicted molar refractivity (Wildman–Crippen MR) is 83.9 cm³/mol. The fourth-order valence-corrected chi connectivity index (χ4v) is 4.29. The van der Waals surface area contributed by atoms with Gasteiger partial charge in [0, 0.05) is 0 Å². The minimum Gasteiger partial charge on any atom is -0.423 e. The van der Waals surface area contributed by atoms with Crippen molar-refractivity contribution in [2.45, 2.75) is 5.79 Å². The first-order valence-electron chi connectivity index (χ1n) is 6.52. The maximum atomic E-state index is 9.75. The van der Waals surface area contributed by atoms with Crippen LogP contribution in [0.3, 0.4) is 0 Å². The van der Waals surface area contributed by atoms with Crippen molar-refractivity contribution in [3.63, 3.8) is 0 Å². The van der Waals surface area contributed by atoms with E-state index in [-0.39, 0.29) is 15.2 Å². The third kappa shape index (κ3) is 1.98. The van der Waals surface area contributed by atoms with Gasteiger partial charge in [-0.15, -0.1) is 10.2 Å². The third-order valence-corrected chi connectivity index (χ3v) is 5.17. The molecule has 0 bridgehead atoms. The first-order valence-corrected chi connectivity index (χ1v) is 8.64. The highest BCUT2D eigenvalue weighted by atomic mass is 27.1. The molecule has 3 aromatic rings. The summed E-state index contributed by atoms with van der Waals surface area (Å²) in [6, 6.07) is 16.0. The minimum atomic E-state index is -1.44. The van der Waals surface area contributed by atoms with Gasteiger partial charge in [-0.2, -0.15) is 0 Å². The Morgan fingerprint density at radius 1 is 0.789 bits per heavy atom. The van der Waals surface area contributed by atoms with E-state index in [1.807, 2.05) is 36.4 Å². The lowest BCUT2D eigenvalue weighted by atomic mass is 9.74. The van der Waals surface area contributed by atoms with Crippen LogP contribution in [0, 0.1) is 0 Å². The molecule has 0 aliphatic heterocycles. The van der Waals surface area contributed by atoms with E-state index < -0.39 is 7.12 Å². The Kier molecular flexibility index (Phi) is 3.34. The summed E-state index contributed by atoms with van der Waals surface area (Å²) in [5.74, 6) is 2.27. The summed E-state index contributed by atoms with van der Waals surface area (Å²) >= 11 is -0.356. The molecule has 2 N–H and O–H groups in total. The summed E-state index contributed by atoms with van der Waals surface area (Å²) in [6.45, 7) is 0. The molecule has 3 rings (SSSR count). The van der Waals surface area contributed by atoms with Gasteiger partial charge in [-0.1, -0.05) is 48.5 Å². The minimum absolute atomic E-state index is 0.356. The Morgan fingerprint density at radius 3 is 1.58 bits per heavy atom. The van der Waals surface area contributed by atoms with Gasteiger partial charge in [0.2, 0.25) is 0 Å². The van der Waals surface area contributed by atoms with E-state index in [0.29, 0.717) is 5.46 Å². The van der Waals surface area contributed by atoms with Gasteiger partial charge in [0.25, 0.3) is 15.2 Å². The van der Waals surface area contributed by atoms with Crippen molar-refractivity contribution in [2.75, 3.05) is 0 Å². The van der Waals surface area contributed by atoms with Crippen LogP contribution in [0.15, 0.2) is 48.5 Å². The van der Waals surface area contributed by atoms with E-state index in [1.54, 1.807) is 0 Å². The van der Waals surface area contributed by atoms with Crippen LogP contribution in [0.5, 0.6) is 0 Å². The van der Waals surface area contributed by atoms with Gasteiger partial charge in [0.15, 0.2) is 0 Å². The average molecular weight is 264 g/mol. The molecule has 0 aliphatic carbocycles. The molecule has 3 aromatic carbocycles. The van der Waals surface area contributed by atoms with Crippen molar-refractivity contribution in [3.05, 3.63) is 48.5 Å². The standard InChI is InChI=1S/C14H10BO2.CH3.Al.H/c16-15(17)14-12-7-3-1-5-10(12)9-11-6-2-4-8-13(11)14;;;/h1-8,16-17H;1H3;;. The summed E-state index contributed by atoms with van der Waals surface area (Å²) in [7, 11) is -1.44. The third-order valence-electron chi connectivity index (χ3n) is 3.70. The maximum Gasteiger partial charge on any atom is 0.489 e. The van der Waals surface area contributed by atoms with Gasteiger partial charge in [0.1, 0.15) is 0 Å². The topological polar surface area (TPSA) is 40.5 Å². The van der Waals surface area contributed by atoms with Crippen LogP contribution in [0.1, 0.15) is 0 Å². The highest BCUT2D eigenvalue weighted by Gasteiger charge is 2.20. The molecule has 0 unspecified atom stereocenters. The lowest BCUT2D eigenvalue weighted by molar-refractivity contribution is 0.426. The van der Waals surface area contributed by atoms with Crippen LogP contribution in [-0.4, -0.2) is 32.4 Å². The summed E-state index contributed by atoms with van der Waals surface area (Å²) in [6.07, 6.45) is 0. The zero-order chi connectivity index (χ0) is 13.4. The van der Waals surface area contributed by atoms with Crippen LogP contribution in [-0.2, 0) is 0 Å². The number of hydrogen-bond acceptors (Lipinski definition) is 2. The second-order valence-electron chi connectivity index (χ2n) is 4.71. The van der Waals surface area contributed by atoms with Gasteiger partial charge < -0.3 is 10.0 Å². The first-order chi connectivity index (χ1) is 9.24. The Balaban J connectivity index is 2.61. The van der Waals surface area contributed by atoms with Crippen molar-refractivity contribution >= 4 is 53.8 Å². The fraction of sp³-hybridized carbons (Fsp3) is 0.0667. The Hall–Kier alpha value is -1.30. The second kappa shape index (κ2) is 5.00. The second-order valence-corrected chi connectivity index (χ2v) is 6.12. The molecule has 0 saturated heterocycles. The van der Waals surface area contributed by atoms with Gasteiger partial charge in [-0.25, -0.2) is 0 Å². The van der Waals surface area contributed by atoms with E-state index in [2.05, 4.69) is 17.9 Å². The van der Waals surface area contributed by atoms with Crippen molar-refractivity contribution in [2.24, 2.45) is 0 Å². The molecule has 0 fully saturated rings. The summed E-state index contributed by atoms with van der Waals surface area (Å²) in [5.41, 5.74) is 0.623. The largest absolute Gasteiger partial charge is 0.489 e. The number of fused-ring (bicyclic) bond motifs is 2. The molecule has 0 radical (unpaired) electrons. The molecule has 0 saturated carbocycles. The fourth-order valence-electron chi connectivity index (χ4n) is 2.91. The lowest BCUT2D eigenvalue weighted by Crippen LogP contribution is -2.33. The zero-order valence-corrected chi connectivity index (χ0v) is 12.2. The molecule has 4 heteroatoms. The van der Waals surface area contributed by atoms with E-state index in [9.17, 15) is 10.0 Å². The van der Waals surface area contributed by atoms with Crippen LogP contribution in [0.25, 0.3) is 21.5 Å². The highest BCUT2D eigenvalue weighted by Crippen LogP contribution is 2.19. The van der Waals surface area contributed by atoms with Crippen molar-refractivity contribution < 1.29 is 10.0 Å². The predicted octanol–water partition coefficient (Wildman–Crippen LogP) is 0.783. The molecule has 2 nitrogen and oxygen atoms in total. The van der Waals surface area contributed by atoms with Crippen LogP contribution < -0.4 is 9.89 Å². The molecular formula is C15H14AlBO2. The molecule has 0 amide bonds. The molecule has 0 heterocycles. The monoisotopic (exact) mass is 264 g/mol. The van der Waals surface area contributed by atoms with Crippen LogP contribution in [0.4, 0.5) is 0 Å². The Bertz CT molecular complexity index is 699. The summed E-state index contributed by atoms with van der Waals surface area (Å²) in [4.78, 5) is 0. The Morgan fingerprint density at radius 2 is 1.21 bits per heavy atom. The normalized spacial score (nSPS) is 10.9. The smallest absolute Gasteiger partial charge is 0.423 e. The highest BCUT2D eigenvalue weighted by molar-refractivity contribution is 6.69. The van der Waals surface area contributed by atoms with Crippen LogP contribution >= 0.6 is 0 Å². The quantitative estimate of drug-likeness (QED) is 0.530. The van der Waals surface area contributed by atoms with Crippen molar-refractivity contribution in [3.8, 4) is 0 Å². The molecule has 0 spiro atoms. The maximum absolute atomic E-state index is 9.75. The van der Waals surface area contributed by atoms with E-state index in [0.717, 1.165) is 10.8 Å². The van der Waals surface area contributed by atoms with Crippen molar-refractivity contribution in [1.29, 1.82) is 0 Å². The summed E-state index contributed by atoms with van der Waals surface area (Å²) < 4.78 is 1.40. The van der Waals surface area contributed by atoms with Crippen molar-refractivity contribution in [1.82, 2.24) is 0 Å². The van der Waals surface area contributed by atoms with Gasteiger partial charge >= 0.3 is 7.12 Å². The number of hydrogen-bond donors (Lipinski definition) is 2. The molecule has 19 heavy (non-hydrogen) atoms. The van der Waals surface area contributed by atoms with Gasteiger partial charge in [-0.3, -0.25) is 0 Å². The van der Waals surface area contributed by atoms with E-state index >= 15 is 0 Å². The summed E-state index contributed by atoms with van der Waals surface area (Å²) in [5, 5.41) is 23.7.